The van der Waals surface area contributed by atoms with Crippen LogP contribution in [0.1, 0.15) is 12.5 Å². The summed E-state index contributed by atoms with van der Waals surface area (Å²) in [6.45, 7) is 2.09. The van der Waals surface area contributed by atoms with Crippen LogP contribution >= 0.6 is 0 Å². The Morgan fingerprint density at radius 1 is 1.38 bits per heavy atom. The lowest BCUT2D eigenvalue weighted by Crippen LogP contribution is -2.12. The first kappa shape index (κ1) is 10.4. The molecule has 1 aromatic heterocycles. The molecule has 0 aliphatic heterocycles. The Kier molecular flexibility index (Phi) is 2.95. The van der Waals surface area contributed by atoms with E-state index < -0.39 is 0 Å². The maximum absolute atomic E-state index is 10.9. The zero-order chi connectivity index (χ0) is 11.4. The molecule has 0 saturated carbocycles. The zero-order valence-electron chi connectivity index (χ0n) is 8.92. The first-order chi connectivity index (χ1) is 7.75. The van der Waals surface area contributed by atoms with Crippen molar-refractivity contribution < 1.29 is 4.79 Å². The molecule has 1 amide bonds. The lowest BCUT2D eigenvalue weighted by Gasteiger charge is -2.06. The quantitative estimate of drug-likeness (QED) is 0.840. The Hall–Kier alpha value is -2.17. The number of aromatic nitrogens is 3. The van der Waals surface area contributed by atoms with E-state index in [2.05, 4.69) is 15.5 Å². The summed E-state index contributed by atoms with van der Waals surface area (Å²) in [6, 6.07) is 9.93. The summed E-state index contributed by atoms with van der Waals surface area (Å²) in [6.07, 6.45) is 1.60. The molecule has 0 atom stereocenters. The first-order valence-electron chi connectivity index (χ1n) is 4.95. The van der Waals surface area contributed by atoms with E-state index in [-0.39, 0.29) is 5.91 Å². The van der Waals surface area contributed by atoms with Crippen molar-refractivity contribution in [2.45, 2.75) is 13.5 Å². The molecule has 0 saturated heterocycles. The Morgan fingerprint density at radius 2 is 2.12 bits per heavy atom. The largest absolute Gasteiger partial charge is 0.295 e. The molecule has 2 aromatic rings. The third kappa shape index (κ3) is 2.44. The highest BCUT2D eigenvalue weighted by molar-refractivity contribution is 5.86. The molecule has 5 nitrogen and oxygen atoms in total. The van der Waals surface area contributed by atoms with E-state index in [4.69, 9.17) is 0 Å². The number of benzene rings is 1. The van der Waals surface area contributed by atoms with Gasteiger partial charge in [0.15, 0.2) is 0 Å². The second kappa shape index (κ2) is 4.57. The number of rotatable bonds is 3. The van der Waals surface area contributed by atoms with Gasteiger partial charge in [0.25, 0.3) is 0 Å². The summed E-state index contributed by atoms with van der Waals surface area (Å²) < 4.78 is 1.79. The van der Waals surface area contributed by atoms with E-state index in [1.165, 1.54) is 6.92 Å². The van der Waals surface area contributed by atoms with Crippen molar-refractivity contribution in [2.75, 3.05) is 5.32 Å². The van der Waals surface area contributed by atoms with Gasteiger partial charge in [-0.1, -0.05) is 30.3 Å². The average molecular weight is 216 g/mol. The number of carbonyl (C=O) groups is 1. The van der Waals surface area contributed by atoms with Crippen molar-refractivity contribution in [2.24, 2.45) is 0 Å². The minimum atomic E-state index is -0.151. The van der Waals surface area contributed by atoms with Crippen molar-refractivity contribution >= 4 is 11.9 Å². The number of nitrogens with zero attached hydrogens (tertiary/aromatic N) is 3. The molecule has 0 unspecified atom stereocenters. The molecule has 0 aliphatic rings. The first-order valence-corrected chi connectivity index (χ1v) is 4.95. The molecule has 1 N–H and O–H groups in total. The standard InChI is InChI=1S/C11H12N4O/c1-9(16)13-11-14-12-8-15(11)7-10-5-3-2-4-6-10/h2-6,8H,7H2,1H3,(H,13,14,16). The molecule has 2 rings (SSSR count). The molecule has 1 aromatic carbocycles. The maximum Gasteiger partial charge on any atom is 0.231 e. The number of anilines is 1. The van der Waals surface area contributed by atoms with Gasteiger partial charge in [0.05, 0.1) is 6.54 Å². The third-order valence-electron chi connectivity index (χ3n) is 2.10. The smallest absolute Gasteiger partial charge is 0.231 e. The maximum atomic E-state index is 10.9. The summed E-state index contributed by atoms with van der Waals surface area (Å²) >= 11 is 0. The predicted molar refractivity (Wildman–Crippen MR) is 59.9 cm³/mol. The van der Waals surface area contributed by atoms with Gasteiger partial charge in [-0.2, -0.15) is 0 Å². The van der Waals surface area contributed by atoms with Crippen LogP contribution in [0.5, 0.6) is 0 Å². The SMILES string of the molecule is CC(=O)Nc1nncn1Cc1ccccc1. The predicted octanol–water partition coefficient (Wildman–Crippen LogP) is 1.28. The van der Waals surface area contributed by atoms with Gasteiger partial charge in [-0.05, 0) is 5.56 Å². The van der Waals surface area contributed by atoms with E-state index in [1.807, 2.05) is 30.3 Å². The van der Waals surface area contributed by atoms with Crippen molar-refractivity contribution in [1.82, 2.24) is 14.8 Å². The van der Waals surface area contributed by atoms with Crippen LogP contribution in [0, 0.1) is 0 Å². The lowest BCUT2D eigenvalue weighted by molar-refractivity contribution is -0.114. The van der Waals surface area contributed by atoms with Crippen LogP contribution < -0.4 is 5.32 Å². The number of amides is 1. The average Bonchev–Trinajstić information content (AvgIpc) is 2.66. The Morgan fingerprint density at radius 3 is 2.81 bits per heavy atom. The van der Waals surface area contributed by atoms with Gasteiger partial charge in [0.1, 0.15) is 6.33 Å². The van der Waals surface area contributed by atoms with Crippen LogP contribution in [0.2, 0.25) is 0 Å². The topological polar surface area (TPSA) is 59.8 Å². The van der Waals surface area contributed by atoms with Crippen LogP contribution in [0.25, 0.3) is 0 Å². The van der Waals surface area contributed by atoms with E-state index in [0.717, 1.165) is 5.56 Å². The normalized spacial score (nSPS) is 10.1. The summed E-state index contributed by atoms with van der Waals surface area (Å²) in [5, 5.41) is 10.2. The highest BCUT2D eigenvalue weighted by atomic mass is 16.1. The van der Waals surface area contributed by atoms with Crippen LogP contribution in [-0.4, -0.2) is 20.7 Å². The summed E-state index contributed by atoms with van der Waals surface area (Å²) in [4.78, 5) is 10.9. The third-order valence-corrected chi connectivity index (χ3v) is 2.10. The summed E-state index contributed by atoms with van der Waals surface area (Å²) in [7, 11) is 0. The van der Waals surface area contributed by atoms with Crippen LogP contribution in [0.15, 0.2) is 36.7 Å². The highest BCUT2D eigenvalue weighted by Crippen LogP contribution is 2.07. The number of nitrogens with one attached hydrogen (secondary N) is 1. The van der Waals surface area contributed by atoms with Gasteiger partial charge in [-0.3, -0.25) is 14.7 Å². The molecule has 0 spiro atoms. The number of hydrogen-bond donors (Lipinski definition) is 1. The second-order valence-electron chi connectivity index (χ2n) is 3.45. The van der Waals surface area contributed by atoms with Crippen molar-refractivity contribution in [3.8, 4) is 0 Å². The lowest BCUT2D eigenvalue weighted by atomic mass is 10.2. The van der Waals surface area contributed by atoms with Crippen LogP contribution in [0.3, 0.4) is 0 Å². The molecule has 82 valence electrons. The minimum Gasteiger partial charge on any atom is -0.295 e. The van der Waals surface area contributed by atoms with Gasteiger partial charge in [-0.15, -0.1) is 10.2 Å². The van der Waals surface area contributed by atoms with E-state index in [1.54, 1.807) is 10.9 Å². The van der Waals surface area contributed by atoms with Gasteiger partial charge in [0.2, 0.25) is 11.9 Å². The molecule has 0 aliphatic carbocycles. The van der Waals surface area contributed by atoms with Crippen LogP contribution in [0.4, 0.5) is 5.95 Å². The second-order valence-corrected chi connectivity index (χ2v) is 3.45. The molecular weight excluding hydrogens is 204 g/mol. The van der Waals surface area contributed by atoms with E-state index in [9.17, 15) is 4.79 Å². The molecule has 0 radical (unpaired) electrons. The Labute approximate surface area is 93.1 Å². The van der Waals surface area contributed by atoms with Crippen LogP contribution in [-0.2, 0) is 11.3 Å². The van der Waals surface area contributed by atoms with Gasteiger partial charge >= 0.3 is 0 Å². The van der Waals surface area contributed by atoms with Crippen molar-refractivity contribution in [3.63, 3.8) is 0 Å². The Bertz CT molecular complexity index is 478. The minimum absolute atomic E-state index is 0.151. The van der Waals surface area contributed by atoms with Gasteiger partial charge in [0, 0.05) is 6.92 Å². The molecular formula is C11H12N4O. The fourth-order valence-corrected chi connectivity index (χ4v) is 1.41. The molecule has 16 heavy (non-hydrogen) atoms. The number of hydrogen-bond acceptors (Lipinski definition) is 3. The molecule has 1 heterocycles. The monoisotopic (exact) mass is 216 g/mol. The number of carbonyl (C=O) groups excluding carboxylic acids is 1. The van der Waals surface area contributed by atoms with E-state index in [0.29, 0.717) is 12.5 Å². The Balaban J connectivity index is 2.16. The molecule has 5 heteroatoms. The summed E-state index contributed by atoms with van der Waals surface area (Å²) in [5.74, 6) is 0.318. The van der Waals surface area contributed by atoms with Gasteiger partial charge in [-0.25, -0.2) is 0 Å². The molecule has 0 fully saturated rings. The zero-order valence-corrected chi connectivity index (χ0v) is 8.92. The summed E-state index contributed by atoms with van der Waals surface area (Å²) in [5.41, 5.74) is 1.13. The fraction of sp³-hybridized carbons (Fsp3) is 0.182. The molecule has 0 bridgehead atoms. The highest BCUT2D eigenvalue weighted by Gasteiger charge is 2.05. The van der Waals surface area contributed by atoms with Crippen molar-refractivity contribution in [1.29, 1.82) is 0 Å². The van der Waals surface area contributed by atoms with Gasteiger partial charge < -0.3 is 0 Å². The fourth-order valence-electron chi connectivity index (χ4n) is 1.41. The van der Waals surface area contributed by atoms with Crippen molar-refractivity contribution in [3.05, 3.63) is 42.2 Å². The van der Waals surface area contributed by atoms with E-state index >= 15 is 0 Å².